The molecule has 2 aromatic carbocycles. The lowest BCUT2D eigenvalue weighted by molar-refractivity contribution is -0.384. The van der Waals surface area contributed by atoms with E-state index in [1.807, 2.05) is 19.0 Å². The van der Waals surface area contributed by atoms with E-state index in [9.17, 15) is 14.9 Å². The van der Waals surface area contributed by atoms with Gasteiger partial charge in [0.25, 0.3) is 5.69 Å². The largest absolute Gasteiger partial charge is 0.423 e. The molecule has 1 heterocycles. The predicted octanol–water partition coefficient (Wildman–Crippen LogP) is 3.49. The summed E-state index contributed by atoms with van der Waals surface area (Å²) < 4.78 is 6.25. The van der Waals surface area contributed by atoms with E-state index in [4.69, 9.17) is 4.74 Å². The van der Waals surface area contributed by atoms with Crippen LogP contribution in [0.1, 0.15) is 10.4 Å². The number of non-ortho nitro benzene ring substituents is 1. The second-order valence-corrected chi connectivity index (χ2v) is 6.22. The normalized spacial score (nSPS) is 10.6. The molecule has 0 saturated carbocycles. The van der Waals surface area contributed by atoms with E-state index in [0.29, 0.717) is 5.75 Å². The van der Waals surface area contributed by atoms with Gasteiger partial charge in [-0.25, -0.2) is 9.78 Å². The van der Waals surface area contributed by atoms with Gasteiger partial charge in [0.1, 0.15) is 5.75 Å². The molecule has 7 nitrogen and oxygen atoms in total. The molecule has 0 unspecified atom stereocenters. The molecule has 0 atom stereocenters. The highest BCUT2D eigenvalue weighted by atomic mass is 32.1. The number of aromatic nitrogens is 1. The summed E-state index contributed by atoms with van der Waals surface area (Å²) in [6.07, 6.45) is 0. The fourth-order valence-electron chi connectivity index (χ4n) is 2.03. The molecule has 0 aliphatic rings. The minimum Gasteiger partial charge on any atom is -0.423 e. The zero-order valence-electron chi connectivity index (χ0n) is 12.9. The topological polar surface area (TPSA) is 85.6 Å². The number of thiazole rings is 1. The van der Waals surface area contributed by atoms with Crippen LogP contribution >= 0.6 is 11.3 Å². The van der Waals surface area contributed by atoms with Crippen molar-refractivity contribution in [1.82, 2.24) is 4.98 Å². The Hall–Kier alpha value is -3.00. The van der Waals surface area contributed by atoms with Gasteiger partial charge in [0.15, 0.2) is 5.13 Å². The van der Waals surface area contributed by atoms with Gasteiger partial charge >= 0.3 is 5.97 Å². The number of nitrogens with zero attached hydrogens (tertiary/aromatic N) is 3. The number of nitro groups is 1. The van der Waals surface area contributed by atoms with Crippen molar-refractivity contribution in [3.63, 3.8) is 0 Å². The predicted molar refractivity (Wildman–Crippen MR) is 92.0 cm³/mol. The molecule has 3 aromatic rings. The van der Waals surface area contributed by atoms with Crippen LogP contribution in [-0.4, -0.2) is 30.0 Å². The van der Waals surface area contributed by atoms with E-state index < -0.39 is 10.9 Å². The fourth-order valence-corrected chi connectivity index (χ4v) is 2.95. The molecule has 24 heavy (non-hydrogen) atoms. The van der Waals surface area contributed by atoms with Crippen molar-refractivity contribution in [1.29, 1.82) is 0 Å². The molecule has 122 valence electrons. The third kappa shape index (κ3) is 3.18. The second kappa shape index (κ2) is 6.25. The van der Waals surface area contributed by atoms with Crippen molar-refractivity contribution in [2.45, 2.75) is 0 Å². The number of hydrogen-bond acceptors (Lipinski definition) is 7. The molecular formula is C16H13N3O4S. The molecule has 0 bridgehead atoms. The summed E-state index contributed by atoms with van der Waals surface area (Å²) in [5.74, 6) is -0.165. The first-order chi connectivity index (χ1) is 11.4. The molecular weight excluding hydrogens is 330 g/mol. The van der Waals surface area contributed by atoms with Crippen LogP contribution in [-0.2, 0) is 0 Å². The number of benzene rings is 2. The van der Waals surface area contributed by atoms with Crippen LogP contribution in [0.4, 0.5) is 10.8 Å². The van der Waals surface area contributed by atoms with Gasteiger partial charge in [0.2, 0.25) is 0 Å². The summed E-state index contributed by atoms with van der Waals surface area (Å²) in [4.78, 5) is 28.6. The summed E-state index contributed by atoms with van der Waals surface area (Å²) in [5.41, 5.74) is 1.01. The van der Waals surface area contributed by atoms with Crippen LogP contribution in [0.2, 0.25) is 0 Å². The molecule has 0 aliphatic heterocycles. The minimum atomic E-state index is -0.568. The van der Waals surface area contributed by atoms with E-state index in [-0.39, 0.29) is 11.3 Å². The van der Waals surface area contributed by atoms with E-state index >= 15 is 0 Å². The molecule has 0 fully saturated rings. The van der Waals surface area contributed by atoms with Crippen molar-refractivity contribution in [3.8, 4) is 5.75 Å². The van der Waals surface area contributed by atoms with Crippen LogP contribution in [0.25, 0.3) is 10.2 Å². The maximum atomic E-state index is 12.1. The van der Waals surface area contributed by atoms with Crippen molar-refractivity contribution in [3.05, 3.63) is 58.1 Å². The first-order valence-corrected chi connectivity index (χ1v) is 7.80. The Balaban J connectivity index is 1.80. The maximum absolute atomic E-state index is 12.1. The smallest absolute Gasteiger partial charge is 0.343 e. The molecule has 0 radical (unpaired) electrons. The van der Waals surface area contributed by atoms with E-state index in [1.54, 1.807) is 18.2 Å². The lowest BCUT2D eigenvalue weighted by Gasteiger charge is -2.04. The lowest BCUT2D eigenvalue weighted by atomic mass is 10.2. The van der Waals surface area contributed by atoms with Gasteiger partial charge in [-0.15, -0.1) is 0 Å². The zero-order chi connectivity index (χ0) is 17.3. The molecule has 0 spiro atoms. The number of carbonyl (C=O) groups excluding carboxylic acids is 1. The molecule has 0 amide bonds. The summed E-state index contributed by atoms with van der Waals surface area (Å²) in [6, 6.07) is 10.5. The van der Waals surface area contributed by atoms with Crippen LogP contribution in [0, 0.1) is 10.1 Å². The summed E-state index contributed by atoms with van der Waals surface area (Å²) >= 11 is 1.50. The van der Waals surface area contributed by atoms with Gasteiger partial charge < -0.3 is 9.64 Å². The molecule has 8 heteroatoms. The highest BCUT2D eigenvalue weighted by Gasteiger charge is 2.13. The SMILES string of the molecule is CN(C)c1nc2ccc(OC(=O)c3ccc([N+](=O)[O-])cc3)cc2s1. The highest BCUT2D eigenvalue weighted by Crippen LogP contribution is 2.30. The number of fused-ring (bicyclic) bond motifs is 1. The average molecular weight is 343 g/mol. The van der Waals surface area contributed by atoms with Crippen LogP contribution < -0.4 is 9.64 Å². The van der Waals surface area contributed by atoms with Gasteiger partial charge in [-0.2, -0.15) is 0 Å². The number of esters is 1. The van der Waals surface area contributed by atoms with Crippen LogP contribution in [0.5, 0.6) is 5.75 Å². The Kier molecular flexibility index (Phi) is 4.13. The molecule has 0 N–H and O–H groups in total. The Bertz CT molecular complexity index is 919. The first-order valence-electron chi connectivity index (χ1n) is 6.98. The number of rotatable bonds is 4. The van der Waals surface area contributed by atoms with Gasteiger partial charge in [-0.05, 0) is 24.3 Å². The number of ether oxygens (including phenoxy) is 1. The minimum absolute atomic E-state index is 0.0751. The maximum Gasteiger partial charge on any atom is 0.343 e. The van der Waals surface area contributed by atoms with Gasteiger partial charge in [0.05, 0.1) is 20.7 Å². The number of hydrogen-bond donors (Lipinski definition) is 0. The Labute approximate surface area is 141 Å². The monoisotopic (exact) mass is 343 g/mol. The third-order valence-corrected chi connectivity index (χ3v) is 4.44. The van der Waals surface area contributed by atoms with Crippen LogP contribution in [0.15, 0.2) is 42.5 Å². The lowest BCUT2D eigenvalue weighted by Crippen LogP contribution is -2.08. The van der Waals surface area contributed by atoms with E-state index in [0.717, 1.165) is 15.3 Å². The Morgan fingerprint density at radius 2 is 1.92 bits per heavy atom. The zero-order valence-corrected chi connectivity index (χ0v) is 13.7. The van der Waals surface area contributed by atoms with Crippen molar-refractivity contribution < 1.29 is 14.5 Å². The molecule has 1 aromatic heterocycles. The molecule has 3 rings (SSSR count). The summed E-state index contributed by atoms with van der Waals surface area (Å²) in [7, 11) is 3.82. The third-order valence-electron chi connectivity index (χ3n) is 3.26. The quantitative estimate of drug-likeness (QED) is 0.312. The van der Waals surface area contributed by atoms with Crippen LogP contribution in [0.3, 0.4) is 0 Å². The van der Waals surface area contributed by atoms with Gasteiger partial charge in [-0.1, -0.05) is 11.3 Å². The summed E-state index contributed by atoms with van der Waals surface area (Å²) in [6.45, 7) is 0. The molecule has 0 saturated heterocycles. The average Bonchev–Trinajstić information content (AvgIpc) is 2.98. The van der Waals surface area contributed by atoms with E-state index in [1.165, 1.54) is 35.6 Å². The number of carbonyl (C=O) groups is 1. The highest BCUT2D eigenvalue weighted by molar-refractivity contribution is 7.22. The van der Waals surface area contributed by atoms with Crippen molar-refractivity contribution in [2.75, 3.05) is 19.0 Å². The second-order valence-electron chi connectivity index (χ2n) is 5.21. The molecule has 0 aliphatic carbocycles. The fraction of sp³-hybridized carbons (Fsp3) is 0.125. The van der Waals surface area contributed by atoms with Crippen molar-refractivity contribution in [2.24, 2.45) is 0 Å². The Morgan fingerprint density at radius 1 is 1.21 bits per heavy atom. The number of nitro benzene ring substituents is 1. The first kappa shape index (κ1) is 15.9. The van der Waals surface area contributed by atoms with Gasteiger partial charge in [-0.3, -0.25) is 10.1 Å². The van der Waals surface area contributed by atoms with Crippen molar-refractivity contribution >= 4 is 38.3 Å². The standard InChI is InChI=1S/C16H13N3O4S/c1-18(2)16-17-13-8-7-12(9-14(13)24-16)23-15(20)10-3-5-11(6-4-10)19(21)22/h3-9H,1-2H3. The van der Waals surface area contributed by atoms with E-state index in [2.05, 4.69) is 4.98 Å². The number of anilines is 1. The van der Waals surface area contributed by atoms with Gasteiger partial charge in [0, 0.05) is 32.3 Å². The Morgan fingerprint density at radius 3 is 2.54 bits per heavy atom. The summed E-state index contributed by atoms with van der Waals surface area (Å²) in [5, 5.41) is 11.5.